The van der Waals surface area contributed by atoms with Crippen LogP contribution in [0.3, 0.4) is 0 Å². The van der Waals surface area contributed by atoms with Crippen molar-refractivity contribution in [3.63, 3.8) is 0 Å². The Hall–Kier alpha value is -0.630. The lowest BCUT2D eigenvalue weighted by atomic mass is 10.4. The molecule has 3 aromatic heterocycles. The molecular weight excluding hydrogens is 350 g/mol. The summed E-state index contributed by atoms with van der Waals surface area (Å²) in [6, 6.07) is 6.12. The molecule has 0 saturated heterocycles. The van der Waals surface area contributed by atoms with Crippen LogP contribution in [-0.4, -0.2) is 9.97 Å². The number of hydrogen-bond donors (Lipinski definition) is 1. The van der Waals surface area contributed by atoms with Crippen LogP contribution in [0, 0.1) is 0 Å². The monoisotopic (exact) mass is 357 g/mol. The summed E-state index contributed by atoms with van der Waals surface area (Å²) < 4.78 is 1.15. The molecule has 0 aromatic carbocycles. The van der Waals surface area contributed by atoms with E-state index in [0.717, 1.165) is 24.9 Å². The number of hydrogen-bond acceptors (Lipinski definition) is 6. The Balaban J connectivity index is 1.82. The molecule has 2 N–H and O–H groups in total. The molecule has 0 radical (unpaired) electrons. The van der Waals surface area contributed by atoms with E-state index in [1.807, 2.05) is 11.4 Å². The molecule has 7 heteroatoms. The number of thiophene rings is 2. The minimum Gasteiger partial charge on any atom is -0.383 e. The number of nitrogens with two attached hydrogens (primary N) is 1. The first-order valence-electron chi connectivity index (χ1n) is 5.10. The van der Waals surface area contributed by atoms with Gasteiger partial charge >= 0.3 is 0 Å². The lowest BCUT2D eigenvalue weighted by Gasteiger charge is -2.01. The average Bonchev–Trinajstić information content (AvgIpc) is 2.95. The van der Waals surface area contributed by atoms with Crippen molar-refractivity contribution in [1.29, 1.82) is 0 Å². The highest BCUT2D eigenvalue weighted by Gasteiger charge is 2.07. The van der Waals surface area contributed by atoms with Gasteiger partial charge in [0.05, 0.1) is 9.17 Å². The molecule has 18 heavy (non-hydrogen) atoms. The second-order valence-electron chi connectivity index (χ2n) is 3.53. The maximum absolute atomic E-state index is 5.91. The number of aromatic nitrogens is 2. The largest absolute Gasteiger partial charge is 0.383 e. The number of halogens is 1. The molecule has 0 bridgehead atoms. The Kier molecular flexibility index (Phi) is 3.56. The van der Waals surface area contributed by atoms with Crippen LogP contribution in [0.15, 0.2) is 32.5 Å². The van der Waals surface area contributed by atoms with E-state index in [1.54, 1.807) is 34.4 Å². The van der Waals surface area contributed by atoms with Crippen molar-refractivity contribution in [2.45, 2.75) is 10.9 Å². The van der Waals surface area contributed by atoms with Crippen LogP contribution >= 0.6 is 50.4 Å². The summed E-state index contributed by atoms with van der Waals surface area (Å²) in [7, 11) is 0. The van der Waals surface area contributed by atoms with Crippen molar-refractivity contribution >= 4 is 66.4 Å². The first-order valence-corrected chi connectivity index (χ1v) is 8.57. The molecule has 0 aliphatic heterocycles. The van der Waals surface area contributed by atoms with Crippen LogP contribution in [0.4, 0.5) is 5.82 Å². The van der Waals surface area contributed by atoms with E-state index in [-0.39, 0.29) is 0 Å². The Morgan fingerprint density at radius 2 is 2.17 bits per heavy atom. The van der Waals surface area contributed by atoms with Gasteiger partial charge in [0, 0.05) is 10.6 Å². The Labute approximate surface area is 125 Å². The molecule has 0 aliphatic rings. The van der Waals surface area contributed by atoms with Crippen LogP contribution < -0.4 is 5.73 Å². The third kappa shape index (κ3) is 2.54. The normalized spacial score (nSPS) is 11.2. The summed E-state index contributed by atoms with van der Waals surface area (Å²) in [5.74, 6) is 1.43. The third-order valence-corrected chi connectivity index (χ3v) is 5.82. The van der Waals surface area contributed by atoms with E-state index in [1.165, 1.54) is 4.88 Å². The fraction of sp³-hybridized carbons (Fsp3) is 0.0909. The summed E-state index contributed by atoms with van der Waals surface area (Å²) in [4.78, 5) is 11.1. The van der Waals surface area contributed by atoms with Gasteiger partial charge in [0.2, 0.25) is 0 Å². The second-order valence-corrected chi connectivity index (χ2v) is 7.91. The van der Waals surface area contributed by atoms with E-state index >= 15 is 0 Å². The number of thioether (sulfide) groups is 1. The average molecular weight is 358 g/mol. The predicted molar refractivity (Wildman–Crippen MR) is 83.4 cm³/mol. The van der Waals surface area contributed by atoms with Gasteiger partial charge in [-0.15, -0.1) is 22.7 Å². The molecule has 0 saturated carbocycles. The van der Waals surface area contributed by atoms with E-state index in [9.17, 15) is 0 Å². The summed E-state index contributed by atoms with van der Waals surface area (Å²) >= 11 is 8.39. The summed E-state index contributed by atoms with van der Waals surface area (Å²) in [6.07, 6.45) is 0. The van der Waals surface area contributed by atoms with Gasteiger partial charge in [0.15, 0.2) is 5.16 Å². The minimum atomic E-state index is 0.566. The summed E-state index contributed by atoms with van der Waals surface area (Å²) in [5.41, 5.74) is 5.91. The number of nitrogens with zero attached hydrogens (tertiary/aromatic N) is 2. The molecular formula is C11H8BrN3S3. The Morgan fingerprint density at radius 3 is 2.94 bits per heavy atom. The Morgan fingerprint density at radius 1 is 1.28 bits per heavy atom. The van der Waals surface area contributed by atoms with Crippen LogP contribution in [0.5, 0.6) is 0 Å². The van der Waals surface area contributed by atoms with Crippen molar-refractivity contribution in [3.8, 4) is 0 Å². The lowest BCUT2D eigenvalue weighted by Crippen LogP contribution is -1.94. The predicted octanol–water partition coefficient (Wildman–Crippen LogP) is 4.39. The maximum atomic E-state index is 5.91. The molecule has 0 atom stereocenters. The van der Waals surface area contributed by atoms with E-state index in [0.29, 0.717) is 5.82 Å². The van der Waals surface area contributed by atoms with Gasteiger partial charge in [-0.3, -0.25) is 0 Å². The highest BCUT2D eigenvalue weighted by molar-refractivity contribution is 9.11. The molecule has 92 valence electrons. The smallest absolute Gasteiger partial charge is 0.191 e. The van der Waals surface area contributed by atoms with Gasteiger partial charge < -0.3 is 5.73 Å². The number of nitrogen functional groups attached to an aromatic ring is 1. The highest BCUT2D eigenvalue weighted by Crippen LogP contribution is 2.30. The SMILES string of the molecule is Nc1nc(SCc2ccc(Br)s2)nc2sccc12. The first kappa shape index (κ1) is 12.4. The van der Waals surface area contributed by atoms with Gasteiger partial charge in [0.1, 0.15) is 10.6 Å². The first-order chi connectivity index (χ1) is 8.72. The molecule has 0 spiro atoms. The number of anilines is 1. The molecule has 3 aromatic rings. The number of fused-ring (bicyclic) bond motifs is 1. The highest BCUT2D eigenvalue weighted by atomic mass is 79.9. The fourth-order valence-electron chi connectivity index (χ4n) is 1.49. The zero-order chi connectivity index (χ0) is 12.5. The van der Waals surface area contributed by atoms with Gasteiger partial charge in [-0.2, -0.15) is 0 Å². The molecule has 3 heterocycles. The van der Waals surface area contributed by atoms with Gasteiger partial charge in [0.25, 0.3) is 0 Å². The molecule has 0 fully saturated rings. The van der Waals surface area contributed by atoms with Crippen molar-refractivity contribution in [2.24, 2.45) is 0 Å². The molecule has 3 rings (SSSR count). The quantitative estimate of drug-likeness (QED) is 0.557. The standard InChI is InChI=1S/C11H8BrN3S3/c12-8-2-1-6(18-8)5-17-11-14-9(13)7-3-4-16-10(7)15-11/h1-4H,5H2,(H2,13,14,15). The topological polar surface area (TPSA) is 51.8 Å². The summed E-state index contributed by atoms with van der Waals surface area (Å²) in [6.45, 7) is 0. The molecule has 0 unspecified atom stereocenters. The van der Waals surface area contributed by atoms with Crippen LogP contribution in [-0.2, 0) is 5.75 Å². The summed E-state index contributed by atoms with van der Waals surface area (Å²) in [5, 5.41) is 3.68. The number of rotatable bonds is 3. The molecule has 0 aliphatic carbocycles. The van der Waals surface area contributed by atoms with Crippen LogP contribution in [0.1, 0.15) is 4.88 Å². The van der Waals surface area contributed by atoms with Crippen molar-refractivity contribution < 1.29 is 0 Å². The maximum Gasteiger partial charge on any atom is 0.191 e. The minimum absolute atomic E-state index is 0.566. The second kappa shape index (κ2) is 5.16. The zero-order valence-corrected chi connectivity index (χ0v) is 13.1. The Bertz CT molecular complexity index is 692. The third-order valence-electron chi connectivity index (χ3n) is 2.31. The zero-order valence-electron chi connectivity index (χ0n) is 9.09. The van der Waals surface area contributed by atoms with Crippen LogP contribution in [0.2, 0.25) is 0 Å². The lowest BCUT2D eigenvalue weighted by molar-refractivity contribution is 1.02. The van der Waals surface area contributed by atoms with Crippen LogP contribution in [0.25, 0.3) is 10.2 Å². The van der Waals surface area contributed by atoms with Crippen molar-refractivity contribution in [3.05, 3.63) is 32.2 Å². The van der Waals surface area contributed by atoms with E-state index in [2.05, 4.69) is 38.0 Å². The molecule has 0 amide bonds. The van der Waals surface area contributed by atoms with Gasteiger partial charge in [-0.1, -0.05) is 11.8 Å². The van der Waals surface area contributed by atoms with Crippen molar-refractivity contribution in [2.75, 3.05) is 5.73 Å². The van der Waals surface area contributed by atoms with Gasteiger partial charge in [-0.25, -0.2) is 9.97 Å². The fourth-order valence-corrected chi connectivity index (χ4v) is 4.69. The van der Waals surface area contributed by atoms with Gasteiger partial charge in [-0.05, 0) is 39.5 Å². The van der Waals surface area contributed by atoms with Crippen molar-refractivity contribution in [1.82, 2.24) is 9.97 Å². The van der Waals surface area contributed by atoms with E-state index < -0.39 is 0 Å². The van der Waals surface area contributed by atoms with E-state index in [4.69, 9.17) is 5.73 Å². The molecule has 3 nitrogen and oxygen atoms in total.